The summed E-state index contributed by atoms with van der Waals surface area (Å²) in [4.78, 5) is 0. The van der Waals surface area contributed by atoms with Crippen molar-refractivity contribution in [3.63, 3.8) is 0 Å². The Hall–Kier alpha value is -1.06. The van der Waals surface area contributed by atoms with Crippen LogP contribution in [0.3, 0.4) is 0 Å². The maximum Gasteiger partial charge on any atom is 0.416 e. The van der Waals surface area contributed by atoms with Gasteiger partial charge in [0.1, 0.15) is 5.82 Å². The summed E-state index contributed by atoms with van der Waals surface area (Å²) in [6, 6.07) is 3.05. The number of alkyl halides is 3. The minimum Gasteiger partial charge on any atom is -0.207 e. The monoisotopic (exact) mass is 370 g/mol. The first-order chi connectivity index (χ1) is 12.4. The highest BCUT2D eigenvalue weighted by Crippen LogP contribution is 2.45. The first-order valence-electron chi connectivity index (χ1n) is 10.2. The zero-order chi connectivity index (χ0) is 18.7. The van der Waals surface area contributed by atoms with E-state index >= 15 is 0 Å². The Balaban J connectivity index is 1.54. The molecule has 2 aliphatic rings. The highest BCUT2D eigenvalue weighted by atomic mass is 19.4. The summed E-state index contributed by atoms with van der Waals surface area (Å²) in [6.45, 7) is 2.26. The van der Waals surface area contributed by atoms with E-state index in [4.69, 9.17) is 0 Å². The second-order valence-electron chi connectivity index (χ2n) is 8.42. The molecule has 0 aliphatic heterocycles. The Morgan fingerprint density at radius 2 is 1.46 bits per heavy atom. The molecule has 2 saturated carbocycles. The predicted molar refractivity (Wildman–Crippen MR) is 96.5 cm³/mol. The Morgan fingerprint density at radius 1 is 0.885 bits per heavy atom. The fourth-order valence-corrected chi connectivity index (χ4v) is 5.29. The van der Waals surface area contributed by atoms with Gasteiger partial charge in [-0.05, 0) is 79.9 Å². The molecule has 0 spiro atoms. The molecule has 2 aliphatic carbocycles. The molecule has 0 bridgehead atoms. The van der Waals surface area contributed by atoms with E-state index in [1.54, 1.807) is 0 Å². The summed E-state index contributed by atoms with van der Waals surface area (Å²) in [5.41, 5.74) is -0.417. The topological polar surface area (TPSA) is 0 Å². The fourth-order valence-electron chi connectivity index (χ4n) is 5.29. The Morgan fingerprint density at radius 3 is 1.96 bits per heavy atom. The summed E-state index contributed by atoms with van der Waals surface area (Å²) < 4.78 is 52.4. The molecule has 1 aromatic rings. The molecule has 3 rings (SSSR count). The third kappa shape index (κ3) is 4.61. The van der Waals surface area contributed by atoms with Crippen molar-refractivity contribution in [1.29, 1.82) is 0 Å². The quantitative estimate of drug-likeness (QED) is 0.476. The van der Waals surface area contributed by atoms with Gasteiger partial charge in [-0.25, -0.2) is 4.39 Å². The van der Waals surface area contributed by atoms with Gasteiger partial charge >= 0.3 is 6.18 Å². The molecule has 2 fully saturated rings. The van der Waals surface area contributed by atoms with Crippen LogP contribution < -0.4 is 0 Å². The van der Waals surface area contributed by atoms with Crippen molar-refractivity contribution in [2.75, 3.05) is 0 Å². The Labute approximate surface area is 154 Å². The van der Waals surface area contributed by atoms with Crippen LogP contribution in [0.25, 0.3) is 0 Å². The number of halogens is 4. The molecular weight excluding hydrogens is 340 g/mol. The van der Waals surface area contributed by atoms with Crippen LogP contribution in [0.2, 0.25) is 0 Å². The van der Waals surface area contributed by atoms with E-state index in [0.717, 1.165) is 49.5 Å². The van der Waals surface area contributed by atoms with Crippen molar-refractivity contribution >= 4 is 0 Å². The first kappa shape index (κ1) is 19.7. The van der Waals surface area contributed by atoms with E-state index in [0.29, 0.717) is 11.6 Å². The van der Waals surface area contributed by atoms with E-state index in [9.17, 15) is 17.6 Å². The van der Waals surface area contributed by atoms with E-state index in [-0.39, 0.29) is 5.92 Å². The third-order valence-corrected chi connectivity index (χ3v) is 6.79. The molecule has 0 N–H and O–H groups in total. The highest BCUT2D eigenvalue weighted by Gasteiger charge is 2.34. The number of rotatable bonds is 4. The van der Waals surface area contributed by atoms with Gasteiger partial charge in [0.25, 0.3) is 0 Å². The standard InChI is InChI=1S/C22H30F4/c1-2-3-15-4-6-16(7-5-15)17-8-10-18(11-9-17)20-13-12-19(14-21(20)23)22(24,25)26/h12-18H,2-11H2,1H3. The SMILES string of the molecule is CCCC1CCC(C2CCC(c3ccc(C(F)(F)F)cc3F)CC2)CC1. The van der Waals surface area contributed by atoms with Crippen LogP contribution in [0.15, 0.2) is 18.2 Å². The maximum absolute atomic E-state index is 14.2. The molecule has 0 atom stereocenters. The smallest absolute Gasteiger partial charge is 0.207 e. The molecule has 4 heteroatoms. The lowest BCUT2D eigenvalue weighted by atomic mass is 9.68. The lowest BCUT2D eigenvalue weighted by Gasteiger charge is -2.38. The summed E-state index contributed by atoms with van der Waals surface area (Å²) in [6.07, 6.45) is 7.51. The van der Waals surface area contributed by atoms with Gasteiger partial charge in [-0.2, -0.15) is 13.2 Å². The molecule has 26 heavy (non-hydrogen) atoms. The minimum absolute atomic E-state index is 0.0740. The summed E-state index contributed by atoms with van der Waals surface area (Å²) in [5.74, 6) is 1.83. The molecule has 0 radical (unpaired) electrons. The van der Waals surface area contributed by atoms with Crippen LogP contribution in [-0.2, 0) is 6.18 Å². The summed E-state index contributed by atoms with van der Waals surface area (Å²) in [5, 5.41) is 0. The lowest BCUT2D eigenvalue weighted by Crippen LogP contribution is -2.25. The number of hydrogen-bond donors (Lipinski definition) is 0. The van der Waals surface area contributed by atoms with Gasteiger partial charge in [0, 0.05) is 0 Å². The molecule has 146 valence electrons. The normalized spacial score (nSPS) is 30.3. The number of benzene rings is 1. The van der Waals surface area contributed by atoms with Gasteiger partial charge in [-0.15, -0.1) is 0 Å². The van der Waals surface area contributed by atoms with Gasteiger partial charge in [-0.1, -0.05) is 38.7 Å². The summed E-state index contributed by atoms with van der Waals surface area (Å²) in [7, 11) is 0. The van der Waals surface area contributed by atoms with E-state index in [2.05, 4.69) is 6.92 Å². The first-order valence-corrected chi connectivity index (χ1v) is 10.2. The molecule has 0 amide bonds. The predicted octanol–water partition coefficient (Wildman–Crippen LogP) is 7.72. The van der Waals surface area contributed by atoms with Crippen molar-refractivity contribution in [3.05, 3.63) is 35.1 Å². The minimum atomic E-state index is -4.48. The Kier molecular flexibility index (Phi) is 6.29. The molecule has 1 aromatic carbocycles. The van der Waals surface area contributed by atoms with Gasteiger partial charge in [0.15, 0.2) is 0 Å². The van der Waals surface area contributed by atoms with Gasteiger partial charge in [0.05, 0.1) is 5.56 Å². The van der Waals surface area contributed by atoms with Crippen molar-refractivity contribution in [3.8, 4) is 0 Å². The zero-order valence-electron chi connectivity index (χ0n) is 15.6. The van der Waals surface area contributed by atoms with Crippen molar-refractivity contribution < 1.29 is 17.6 Å². The largest absolute Gasteiger partial charge is 0.416 e. The third-order valence-electron chi connectivity index (χ3n) is 6.79. The van der Waals surface area contributed by atoms with Crippen LogP contribution in [0.1, 0.15) is 88.2 Å². The molecular formula is C22H30F4. The maximum atomic E-state index is 14.2. The highest BCUT2D eigenvalue weighted by molar-refractivity contribution is 5.29. The average molecular weight is 370 g/mol. The van der Waals surface area contributed by atoms with Crippen LogP contribution in [0, 0.1) is 23.6 Å². The van der Waals surface area contributed by atoms with Crippen molar-refractivity contribution in [1.82, 2.24) is 0 Å². The van der Waals surface area contributed by atoms with Crippen LogP contribution >= 0.6 is 0 Å². The Bertz CT molecular complexity index is 576. The molecule has 0 nitrogen and oxygen atoms in total. The second kappa shape index (κ2) is 8.31. The molecule has 0 saturated heterocycles. The van der Waals surface area contributed by atoms with Crippen molar-refractivity contribution in [2.45, 2.75) is 83.2 Å². The second-order valence-corrected chi connectivity index (χ2v) is 8.42. The van der Waals surface area contributed by atoms with E-state index < -0.39 is 17.6 Å². The van der Waals surface area contributed by atoms with E-state index in [1.807, 2.05) is 0 Å². The van der Waals surface area contributed by atoms with Crippen LogP contribution in [0.4, 0.5) is 17.6 Å². The average Bonchev–Trinajstić information content (AvgIpc) is 2.62. The fraction of sp³-hybridized carbons (Fsp3) is 0.727. The number of hydrogen-bond acceptors (Lipinski definition) is 0. The lowest BCUT2D eigenvalue weighted by molar-refractivity contribution is -0.137. The summed E-state index contributed by atoms with van der Waals surface area (Å²) >= 11 is 0. The zero-order valence-corrected chi connectivity index (χ0v) is 15.6. The van der Waals surface area contributed by atoms with Gasteiger partial charge in [0.2, 0.25) is 0 Å². The van der Waals surface area contributed by atoms with Gasteiger partial charge in [-0.3, -0.25) is 0 Å². The van der Waals surface area contributed by atoms with Crippen LogP contribution in [0.5, 0.6) is 0 Å². The molecule has 0 unspecified atom stereocenters. The molecule has 0 heterocycles. The van der Waals surface area contributed by atoms with Crippen molar-refractivity contribution in [2.24, 2.45) is 17.8 Å². The van der Waals surface area contributed by atoms with E-state index in [1.165, 1.54) is 44.6 Å². The van der Waals surface area contributed by atoms with Crippen LogP contribution in [-0.4, -0.2) is 0 Å². The van der Waals surface area contributed by atoms with Gasteiger partial charge < -0.3 is 0 Å². The molecule has 0 aromatic heterocycles.